The molecule has 0 saturated carbocycles. The Morgan fingerprint density at radius 2 is 1.69 bits per heavy atom. The number of hydrogen-bond donors (Lipinski definition) is 1. The molecule has 1 amide bonds. The van der Waals surface area contributed by atoms with E-state index in [0.717, 1.165) is 31.7 Å². The Balaban J connectivity index is 1.71. The van der Waals surface area contributed by atoms with E-state index < -0.39 is 0 Å². The number of carbonyl (C=O) groups excluding carboxylic acids is 1. The molecule has 1 unspecified atom stereocenters. The minimum atomic E-state index is -0.254. The number of benzene rings is 2. The van der Waals surface area contributed by atoms with Gasteiger partial charge in [0.1, 0.15) is 5.82 Å². The monoisotopic (exact) mass is 375 g/mol. The predicted molar refractivity (Wildman–Crippen MR) is 102 cm³/mol. The molecule has 2 aromatic carbocycles. The smallest absolute Gasteiger partial charge is 0.251 e. The maximum Gasteiger partial charge on any atom is 0.251 e. The lowest BCUT2D eigenvalue weighted by atomic mass is 10.0. The van der Waals surface area contributed by atoms with Crippen molar-refractivity contribution >= 4 is 17.5 Å². The van der Waals surface area contributed by atoms with Gasteiger partial charge in [-0.3, -0.25) is 9.69 Å². The highest BCUT2D eigenvalue weighted by molar-refractivity contribution is 6.30. The lowest BCUT2D eigenvalue weighted by Crippen LogP contribution is -2.48. The third kappa shape index (κ3) is 4.81. The normalized spacial score (nSPS) is 17.0. The lowest BCUT2D eigenvalue weighted by Gasteiger charge is -2.38. The maximum atomic E-state index is 13.3. The molecule has 1 aliphatic rings. The Morgan fingerprint density at radius 3 is 2.31 bits per heavy atom. The Hall–Kier alpha value is -1.95. The number of likely N-dealkylation sites (N-methyl/N-ethyl adjacent to an activating group) is 1. The summed E-state index contributed by atoms with van der Waals surface area (Å²) >= 11 is 5.88. The zero-order chi connectivity index (χ0) is 18.5. The number of halogens is 2. The molecular formula is C20H23ClFN3O. The lowest BCUT2D eigenvalue weighted by molar-refractivity contribution is 0.0886. The Kier molecular flexibility index (Phi) is 6.25. The van der Waals surface area contributed by atoms with Crippen molar-refractivity contribution in [3.8, 4) is 0 Å². The summed E-state index contributed by atoms with van der Waals surface area (Å²) in [6.07, 6.45) is 0. The quantitative estimate of drug-likeness (QED) is 0.871. The molecule has 1 fully saturated rings. The summed E-state index contributed by atoms with van der Waals surface area (Å²) in [6.45, 7) is 4.24. The van der Waals surface area contributed by atoms with Gasteiger partial charge in [0.25, 0.3) is 5.91 Å². The summed E-state index contributed by atoms with van der Waals surface area (Å²) in [5.41, 5.74) is 1.58. The SMILES string of the molecule is CN1CCN(C(CNC(=O)c2ccc(Cl)cc2)c2ccc(F)cc2)CC1. The van der Waals surface area contributed by atoms with Crippen LogP contribution < -0.4 is 5.32 Å². The zero-order valence-electron chi connectivity index (χ0n) is 14.8. The van der Waals surface area contributed by atoms with Gasteiger partial charge in [-0.2, -0.15) is 0 Å². The molecule has 0 spiro atoms. The van der Waals surface area contributed by atoms with Crippen LogP contribution in [0.2, 0.25) is 5.02 Å². The molecule has 1 aliphatic heterocycles. The molecule has 6 heteroatoms. The van der Waals surface area contributed by atoms with E-state index in [1.165, 1.54) is 12.1 Å². The highest BCUT2D eigenvalue weighted by atomic mass is 35.5. The predicted octanol–water partition coefficient (Wildman–Crippen LogP) is 3.20. The molecule has 0 aromatic heterocycles. The minimum absolute atomic E-state index is 0.0144. The third-order valence-electron chi connectivity index (χ3n) is 4.80. The molecule has 0 aliphatic carbocycles. The standard InChI is InChI=1S/C20H23ClFN3O/c1-24-10-12-25(13-11-24)19(15-4-8-18(22)9-5-15)14-23-20(26)16-2-6-17(21)7-3-16/h2-9,19H,10-14H2,1H3,(H,23,26). The van der Waals surface area contributed by atoms with Crippen molar-refractivity contribution in [1.82, 2.24) is 15.1 Å². The number of amides is 1. The third-order valence-corrected chi connectivity index (χ3v) is 5.05. The largest absolute Gasteiger partial charge is 0.350 e. The Labute approximate surface area is 158 Å². The first-order chi connectivity index (χ1) is 12.5. The highest BCUT2D eigenvalue weighted by Gasteiger charge is 2.24. The van der Waals surface area contributed by atoms with E-state index in [4.69, 9.17) is 11.6 Å². The maximum absolute atomic E-state index is 13.3. The molecule has 0 radical (unpaired) electrons. The van der Waals surface area contributed by atoms with Crippen LogP contribution in [0.3, 0.4) is 0 Å². The fourth-order valence-electron chi connectivity index (χ4n) is 3.17. The summed E-state index contributed by atoms with van der Waals surface area (Å²) in [5.74, 6) is -0.390. The first kappa shape index (κ1) is 18.8. The molecule has 2 aromatic rings. The van der Waals surface area contributed by atoms with E-state index in [2.05, 4.69) is 22.2 Å². The van der Waals surface area contributed by atoms with Crippen LogP contribution in [0.4, 0.5) is 4.39 Å². The van der Waals surface area contributed by atoms with Gasteiger partial charge in [-0.15, -0.1) is 0 Å². The topological polar surface area (TPSA) is 35.6 Å². The molecule has 1 atom stereocenters. The number of rotatable bonds is 5. The molecule has 0 bridgehead atoms. The van der Waals surface area contributed by atoms with Crippen LogP contribution in [-0.4, -0.2) is 55.5 Å². The minimum Gasteiger partial charge on any atom is -0.350 e. The summed E-state index contributed by atoms with van der Waals surface area (Å²) in [5, 5.41) is 3.61. The average Bonchev–Trinajstić information content (AvgIpc) is 2.65. The van der Waals surface area contributed by atoms with Crippen LogP contribution in [-0.2, 0) is 0 Å². The molecule has 1 heterocycles. The fraction of sp³-hybridized carbons (Fsp3) is 0.350. The van der Waals surface area contributed by atoms with Crippen molar-refractivity contribution in [2.45, 2.75) is 6.04 Å². The zero-order valence-corrected chi connectivity index (χ0v) is 15.5. The van der Waals surface area contributed by atoms with Gasteiger partial charge < -0.3 is 10.2 Å². The van der Waals surface area contributed by atoms with E-state index >= 15 is 0 Å². The summed E-state index contributed by atoms with van der Waals surface area (Å²) in [4.78, 5) is 17.1. The van der Waals surface area contributed by atoms with Crippen molar-refractivity contribution in [1.29, 1.82) is 0 Å². The van der Waals surface area contributed by atoms with Gasteiger partial charge in [-0.25, -0.2) is 4.39 Å². The van der Waals surface area contributed by atoms with Gasteiger partial charge in [0.05, 0.1) is 6.04 Å². The van der Waals surface area contributed by atoms with Crippen LogP contribution in [0.15, 0.2) is 48.5 Å². The molecule has 4 nitrogen and oxygen atoms in total. The van der Waals surface area contributed by atoms with Crippen LogP contribution >= 0.6 is 11.6 Å². The molecule has 138 valence electrons. The first-order valence-corrected chi connectivity index (χ1v) is 9.12. The van der Waals surface area contributed by atoms with E-state index in [1.807, 2.05) is 0 Å². The van der Waals surface area contributed by atoms with Crippen molar-refractivity contribution < 1.29 is 9.18 Å². The summed E-state index contributed by atoms with van der Waals surface area (Å²) in [7, 11) is 2.10. The van der Waals surface area contributed by atoms with Crippen molar-refractivity contribution in [2.75, 3.05) is 39.8 Å². The van der Waals surface area contributed by atoms with Gasteiger partial charge >= 0.3 is 0 Å². The summed E-state index contributed by atoms with van der Waals surface area (Å²) < 4.78 is 13.3. The molecule has 1 saturated heterocycles. The van der Waals surface area contributed by atoms with Crippen LogP contribution in [0.5, 0.6) is 0 Å². The Bertz CT molecular complexity index is 728. The van der Waals surface area contributed by atoms with Gasteiger partial charge in [-0.05, 0) is 49.0 Å². The van der Waals surface area contributed by atoms with E-state index in [9.17, 15) is 9.18 Å². The van der Waals surface area contributed by atoms with Crippen LogP contribution in [0.25, 0.3) is 0 Å². The van der Waals surface area contributed by atoms with Crippen molar-refractivity contribution in [2.24, 2.45) is 0 Å². The average molecular weight is 376 g/mol. The number of piperazine rings is 1. The van der Waals surface area contributed by atoms with Crippen molar-refractivity contribution in [3.63, 3.8) is 0 Å². The van der Waals surface area contributed by atoms with Crippen molar-refractivity contribution in [3.05, 3.63) is 70.5 Å². The second kappa shape index (κ2) is 8.62. The second-order valence-corrected chi connectivity index (χ2v) is 7.06. The second-order valence-electron chi connectivity index (χ2n) is 6.62. The molecule has 26 heavy (non-hydrogen) atoms. The van der Waals surface area contributed by atoms with Crippen LogP contribution in [0.1, 0.15) is 22.0 Å². The number of nitrogens with zero attached hydrogens (tertiary/aromatic N) is 2. The van der Waals surface area contributed by atoms with E-state index in [-0.39, 0.29) is 17.8 Å². The number of carbonyl (C=O) groups is 1. The van der Waals surface area contributed by atoms with Gasteiger partial charge in [0.2, 0.25) is 0 Å². The highest BCUT2D eigenvalue weighted by Crippen LogP contribution is 2.22. The van der Waals surface area contributed by atoms with Gasteiger partial charge in [0.15, 0.2) is 0 Å². The Morgan fingerprint density at radius 1 is 1.08 bits per heavy atom. The summed E-state index contributed by atoms with van der Waals surface area (Å²) in [6, 6.07) is 13.4. The van der Waals surface area contributed by atoms with E-state index in [0.29, 0.717) is 17.1 Å². The number of nitrogens with one attached hydrogen (secondary N) is 1. The van der Waals surface area contributed by atoms with Crippen LogP contribution in [0, 0.1) is 5.82 Å². The van der Waals surface area contributed by atoms with E-state index in [1.54, 1.807) is 36.4 Å². The molecule has 3 rings (SSSR count). The number of hydrogen-bond acceptors (Lipinski definition) is 3. The first-order valence-electron chi connectivity index (χ1n) is 8.75. The van der Waals surface area contributed by atoms with Gasteiger partial charge in [-0.1, -0.05) is 23.7 Å². The molecular weight excluding hydrogens is 353 g/mol. The fourth-order valence-corrected chi connectivity index (χ4v) is 3.29. The van der Waals surface area contributed by atoms with Gasteiger partial charge in [0, 0.05) is 43.3 Å². The molecule has 1 N–H and O–H groups in total.